The van der Waals surface area contributed by atoms with E-state index in [1.54, 1.807) is 6.92 Å². The molecule has 0 saturated carbocycles. The van der Waals surface area contributed by atoms with Crippen LogP contribution in [-0.4, -0.2) is 42.7 Å². The van der Waals surface area contributed by atoms with Gasteiger partial charge in [-0.1, -0.05) is 6.92 Å². The van der Waals surface area contributed by atoms with Gasteiger partial charge in [0.05, 0.1) is 6.61 Å². The van der Waals surface area contributed by atoms with E-state index in [1.807, 2.05) is 6.92 Å². The highest BCUT2D eigenvalue weighted by Gasteiger charge is 2.19. The molecule has 0 aromatic heterocycles. The maximum atomic E-state index is 10.4. The van der Waals surface area contributed by atoms with Crippen molar-refractivity contribution in [1.82, 2.24) is 0 Å². The summed E-state index contributed by atoms with van der Waals surface area (Å²) in [4.78, 5) is 20.4. The van der Waals surface area contributed by atoms with Gasteiger partial charge in [-0.2, -0.15) is 0 Å². The van der Waals surface area contributed by atoms with E-state index >= 15 is 0 Å². The molecule has 0 radical (unpaired) electrons. The van der Waals surface area contributed by atoms with Crippen LogP contribution >= 0.6 is 0 Å². The van der Waals surface area contributed by atoms with Crippen molar-refractivity contribution in [2.24, 2.45) is 0 Å². The van der Waals surface area contributed by atoms with Crippen molar-refractivity contribution in [3.8, 4) is 0 Å². The lowest BCUT2D eigenvalue weighted by molar-refractivity contribution is -0.152. The molecule has 1 fully saturated rings. The normalized spacial score (nSPS) is 20.0. The van der Waals surface area contributed by atoms with Crippen LogP contribution in [0, 0.1) is 0 Å². The van der Waals surface area contributed by atoms with Crippen molar-refractivity contribution in [1.29, 1.82) is 0 Å². The van der Waals surface area contributed by atoms with Gasteiger partial charge in [0.2, 0.25) is 0 Å². The number of carbonyl (C=O) groups is 2. The zero-order chi connectivity index (χ0) is 12.6. The van der Waals surface area contributed by atoms with E-state index in [4.69, 9.17) is 5.11 Å². The Morgan fingerprint density at radius 3 is 2.56 bits per heavy atom. The summed E-state index contributed by atoms with van der Waals surface area (Å²) in [5.74, 6) is -0.545. The zero-order valence-corrected chi connectivity index (χ0v) is 9.76. The highest BCUT2D eigenvalue weighted by atomic mass is 16.8. The van der Waals surface area contributed by atoms with Crippen LogP contribution < -0.4 is 0 Å². The fourth-order valence-electron chi connectivity index (χ4n) is 0.741. The van der Waals surface area contributed by atoms with E-state index in [0.717, 1.165) is 6.42 Å². The molecule has 0 amide bonds. The summed E-state index contributed by atoms with van der Waals surface area (Å²) in [6.45, 7) is 5.86. The molecule has 0 aromatic carbocycles. The molecule has 16 heavy (non-hydrogen) atoms. The maximum absolute atomic E-state index is 10.4. The molecular weight excluding hydrogens is 216 g/mol. The first kappa shape index (κ1) is 14.7. The standard InChI is InChI=1S/C6H12O3.C4H6O3/c1-3-4-9-6(8)5(2)7;1-3-2-6-4(5)7-3/h5,7H,3-4H2,1-2H3;3H,2H2,1H3. The van der Waals surface area contributed by atoms with E-state index in [0.29, 0.717) is 13.2 Å². The molecule has 1 N–H and O–H groups in total. The second-order valence-electron chi connectivity index (χ2n) is 3.33. The van der Waals surface area contributed by atoms with Crippen LogP contribution in [0.25, 0.3) is 0 Å². The Balaban J connectivity index is 0.000000288. The van der Waals surface area contributed by atoms with Crippen LogP contribution in [0.4, 0.5) is 4.79 Å². The largest absolute Gasteiger partial charge is 0.508 e. The third-order valence-corrected chi connectivity index (χ3v) is 1.52. The molecule has 1 heterocycles. The molecule has 0 aliphatic carbocycles. The molecule has 6 heteroatoms. The first-order chi connectivity index (χ1) is 7.47. The molecule has 0 aromatic rings. The van der Waals surface area contributed by atoms with Crippen molar-refractivity contribution in [3.63, 3.8) is 0 Å². The van der Waals surface area contributed by atoms with Gasteiger partial charge in [0.25, 0.3) is 0 Å². The first-order valence-electron chi connectivity index (χ1n) is 5.15. The number of aliphatic hydroxyl groups excluding tert-OH is 1. The molecule has 1 aliphatic rings. The van der Waals surface area contributed by atoms with Crippen molar-refractivity contribution in [2.75, 3.05) is 13.2 Å². The Bertz CT molecular complexity index is 225. The Labute approximate surface area is 94.5 Å². The summed E-state index contributed by atoms with van der Waals surface area (Å²) >= 11 is 0. The molecule has 0 bridgehead atoms. The van der Waals surface area contributed by atoms with Gasteiger partial charge >= 0.3 is 12.1 Å². The minimum absolute atomic E-state index is 0.0486. The second-order valence-corrected chi connectivity index (χ2v) is 3.33. The monoisotopic (exact) mass is 234 g/mol. The average Bonchev–Trinajstić information content (AvgIpc) is 2.59. The van der Waals surface area contributed by atoms with Crippen molar-refractivity contribution < 1.29 is 28.9 Å². The molecule has 1 aliphatic heterocycles. The third kappa shape index (κ3) is 7.05. The minimum Gasteiger partial charge on any atom is -0.464 e. The molecule has 0 spiro atoms. The summed E-state index contributed by atoms with van der Waals surface area (Å²) in [5, 5.41) is 8.57. The van der Waals surface area contributed by atoms with Crippen LogP contribution in [0.3, 0.4) is 0 Å². The summed E-state index contributed by atoms with van der Waals surface area (Å²) in [6, 6.07) is 0. The minimum atomic E-state index is -0.989. The lowest BCUT2D eigenvalue weighted by atomic mass is 10.4. The Kier molecular flexibility index (Phi) is 7.28. The SMILES string of the molecule is CC1COC(=O)O1.CCCOC(=O)C(C)O. The quantitative estimate of drug-likeness (QED) is 0.729. The Hall–Kier alpha value is -1.30. The molecule has 1 rings (SSSR count). The topological polar surface area (TPSA) is 82.1 Å². The number of ether oxygens (including phenoxy) is 3. The van der Waals surface area contributed by atoms with Gasteiger partial charge in [0, 0.05) is 0 Å². The number of esters is 1. The van der Waals surface area contributed by atoms with Gasteiger partial charge in [-0.3, -0.25) is 0 Å². The molecule has 6 nitrogen and oxygen atoms in total. The predicted octanol–water partition coefficient (Wildman–Crippen LogP) is 0.862. The summed E-state index contributed by atoms with van der Waals surface area (Å²) in [7, 11) is 0. The lowest BCUT2D eigenvalue weighted by Gasteiger charge is -2.03. The van der Waals surface area contributed by atoms with Gasteiger partial charge in [-0.15, -0.1) is 0 Å². The summed E-state index contributed by atoms with van der Waals surface area (Å²) in [6.07, 6.45) is -0.796. The number of hydrogen-bond donors (Lipinski definition) is 1. The summed E-state index contributed by atoms with van der Waals surface area (Å²) < 4.78 is 13.5. The molecule has 94 valence electrons. The number of hydrogen-bond acceptors (Lipinski definition) is 6. The van der Waals surface area contributed by atoms with Crippen LogP contribution in [0.15, 0.2) is 0 Å². The smallest absolute Gasteiger partial charge is 0.464 e. The Morgan fingerprint density at radius 1 is 1.69 bits per heavy atom. The van der Waals surface area contributed by atoms with Gasteiger partial charge in [0.1, 0.15) is 18.8 Å². The van der Waals surface area contributed by atoms with Crippen LogP contribution in [0.2, 0.25) is 0 Å². The predicted molar refractivity (Wildman–Crippen MR) is 54.8 cm³/mol. The highest BCUT2D eigenvalue weighted by Crippen LogP contribution is 2.02. The molecule has 2 atom stereocenters. The van der Waals surface area contributed by atoms with Crippen molar-refractivity contribution >= 4 is 12.1 Å². The fraction of sp³-hybridized carbons (Fsp3) is 0.800. The van der Waals surface area contributed by atoms with Crippen LogP contribution in [0.5, 0.6) is 0 Å². The van der Waals surface area contributed by atoms with Crippen LogP contribution in [0.1, 0.15) is 27.2 Å². The fourth-order valence-corrected chi connectivity index (χ4v) is 0.741. The highest BCUT2D eigenvalue weighted by molar-refractivity contribution is 5.73. The number of rotatable bonds is 3. The molecular formula is C10H18O6. The number of cyclic esters (lactones) is 2. The second kappa shape index (κ2) is 7.92. The number of aliphatic hydroxyl groups is 1. The number of carbonyl (C=O) groups excluding carboxylic acids is 2. The van der Waals surface area contributed by atoms with Crippen molar-refractivity contribution in [3.05, 3.63) is 0 Å². The van der Waals surface area contributed by atoms with E-state index in [-0.39, 0.29) is 6.10 Å². The van der Waals surface area contributed by atoms with E-state index in [1.165, 1.54) is 6.92 Å². The van der Waals surface area contributed by atoms with Gasteiger partial charge in [-0.25, -0.2) is 9.59 Å². The zero-order valence-electron chi connectivity index (χ0n) is 9.76. The van der Waals surface area contributed by atoms with Gasteiger partial charge in [-0.05, 0) is 20.3 Å². The Morgan fingerprint density at radius 2 is 2.31 bits per heavy atom. The maximum Gasteiger partial charge on any atom is 0.508 e. The average molecular weight is 234 g/mol. The lowest BCUT2D eigenvalue weighted by Crippen LogP contribution is -2.19. The third-order valence-electron chi connectivity index (χ3n) is 1.52. The summed E-state index contributed by atoms with van der Waals surface area (Å²) in [5.41, 5.74) is 0. The van der Waals surface area contributed by atoms with Crippen LogP contribution in [-0.2, 0) is 19.0 Å². The molecule has 2 unspecified atom stereocenters. The van der Waals surface area contributed by atoms with Crippen molar-refractivity contribution in [2.45, 2.75) is 39.4 Å². The first-order valence-corrected chi connectivity index (χ1v) is 5.15. The molecule has 1 saturated heterocycles. The van der Waals surface area contributed by atoms with Gasteiger partial charge < -0.3 is 19.3 Å². The van der Waals surface area contributed by atoms with E-state index in [9.17, 15) is 9.59 Å². The van der Waals surface area contributed by atoms with Gasteiger partial charge in [0.15, 0.2) is 0 Å². The van der Waals surface area contributed by atoms with E-state index < -0.39 is 18.2 Å². The van der Waals surface area contributed by atoms with E-state index in [2.05, 4.69) is 14.2 Å².